The van der Waals surface area contributed by atoms with E-state index >= 15 is 0 Å². The molecule has 1 aromatic rings. The third-order valence-electron chi connectivity index (χ3n) is 2.13. The first-order valence-corrected chi connectivity index (χ1v) is 7.25. The molecule has 14 heavy (non-hydrogen) atoms. The highest BCUT2D eigenvalue weighted by molar-refractivity contribution is 7.99. The lowest BCUT2D eigenvalue weighted by atomic mass is 10.2. The quantitative estimate of drug-likeness (QED) is 0.721. The molecule has 1 heterocycles. The molecule has 0 aliphatic carbocycles. The summed E-state index contributed by atoms with van der Waals surface area (Å²) in [5.41, 5.74) is 1.51. The van der Waals surface area contributed by atoms with Crippen molar-refractivity contribution in [1.82, 2.24) is 5.32 Å². The molecule has 1 aromatic heterocycles. The normalized spacial score (nSPS) is 10.7. The van der Waals surface area contributed by atoms with E-state index in [4.69, 9.17) is 0 Å². The Hall–Kier alpha value is 0.0100. The second kappa shape index (κ2) is 7.32. The van der Waals surface area contributed by atoms with Gasteiger partial charge in [-0.2, -0.15) is 11.8 Å². The van der Waals surface area contributed by atoms with Gasteiger partial charge in [-0.25, -0.2) is 0 Å². The number of hydrogen-bond acceptors (Lipinski definition) is 3. The smallest absolute Gasteiger partial charge is 0.0302 e. The first-order chi connectivity index (χ1) is 6.88. The predicted octanol–water partition coefficient (Wildman–Crippen LogP) is 3.15. The molecule has 3 heteroatoms. The van der Waals surface area contributed by atoms with Crippen molar-refractivity contribution in [2.75, 3.05) is 18.1 Å². The highest BCUT2D eigenvalue weighted by atomic mass is 32.2. The Kier molecular flexibility index (Phi) is 6.32. The van der Waals surface area contributed by atoms with Crippen molar-refractivity contribution >= 4 is 23.1 Å². The third kappa shape index (κ3) is 4.03. The Morgan fingerprint density at radius 1 is 1.43 bits per heavy atom. The van der Waals surface area contributed by atoms with E-state index in [1.165, 1.54) is 21.9 Å². The molecule has 0 bridgehead atoms. The Labute approximate surface area is 95.3 Å². The van der Waals surface area contributed by atoms with Gasteiger partial charge in [0.2, 0.25) is 0 Å². The van der Waals surface area contributed by atoms with E-state index in [-0.39, 0.29) is 0 Å². The highest BCUT2D eigenvalue weighted by Gasteiger charge is 2.00. The first kappa shape index (κ1) is 12.1. The van der Waals surface area contributed by atoms with Gasteiger partial charge < -0.3 is 5.32 Å². The molecule has 0 saturated carbocycles. The van der Waals surface area contributed by atoms with Crippen molar-refractivity contribution < 1.29 is 0 Å². The van der Waals surface area contributed by atoms with Gasteiger partial charge in [0.1, 0.15) is 0 Å². The highest BCUT2D eigenvalue weighted by Crippen LogP contribution is 2.16. The summed E-state index contributed by atoms with van der Waals surface area (Å²) in [7, 11) is 0. The maximum absolute atomic E-state index is 3.49. The average Bonchev–Trinajstić information content (AvgIpc) is 2.65. The minimum Gasteiger partial charge on any atom is -0.311 e. The molecule has 0 atom stereocenters. The molecule has 0 aliphatic rings. The van der Waals surface area contributed by atoms with E-state index in [1.54, 1.807) is 0 Å². The van der Waals surface area contributed by atoms with Gasteiger partial charge in [-0.1, -0.05) is 13.8 Å². The largest absolute Gasteiger partial charge is 0.311 e. The van der Waals surface area contributed by atoms with Crippen molar-refractivity contribution in [3.8, 4) is 0 Å². The van der Waals surface area contributed by atoms with Gasteiger partial charge in [0.15, 0.2) is 0 Å². The molecule has 0 aromatic carbocycles. The zero-order chi connectivity index (χ0) is 10.2. The SMILES string of the molecule is CCSCCNCc1sccc1CC. The van der Waals surface area contributed by atoms with Crippen molar-refractivity contribution in [2.45, 2.75) is 26.8 Å². The predicted molar refractivity (Wildman–Crippen MR) is 68.4 cm³/mol. The van der Waals surface area contributed by atoms with Crippen molar-refractivity contribution in [3.63, 3.8) is 0 Å². The topological polar surface area (TPSA) is 12.0 Å². The molecule has 0 aliphatic heterocycles. The molecule has 0 fully saturated rings. The van der Waals surface area contributed by atoms with Crippen molar-refractivity contribution in [1.29, 1.82) is 0 Å². The number of nitrogens with one attached hydrogen (secondary N) is 1. The lowest BCUT2D eigenvalue weighted by molar-refractivity contribution is 0.736. The van der Waals surface area contributed by atoms with E-state index in [0.29, 0.717) is 0 Å². The van der Waals surface area contributed by atoms with Crippen LogP contribution in [-0.2, 0) is 13.0 Å². The van der Waals surface area contributed by atoms with E-state index in [2.05, 4.69) is 30.6 Å². The molecule has 80 valence electrons. The number of thiophene rings is 1. The summed E-state index contributed by atoms with van der Waals surface area (Å²) in [6.07, 6.45) is 1.16. The maximum atomic E-state index is 3.49. The zero-order valence-electron chi connectivity index (χ0n) is 9.01. The van der Waals surface area contributed by atoms with Gasteiger partial charge >= 0.3 is 0 Å². The minimum atomic E-state index is 1.05. The fourth-order valence-corrected chi connectivity index (χ4v) is 2.85. The van der Waals surface area contributed by atoms with Crippen LogP contribution in [0.15, 0.2) is 11.4 Å². The fraction of sp³-hybridized carbons (Fsp3) is 0.636. The number of hydrogen-bond donors (Lipinski definition) is 1. The number of rotatable bonds is 7. The van der Waals surface area contributed by atoms with Gasteiger partial charge in [-0.15, -0.1) is 11.3 Å². The van der Waals surface area contributed by atoms with E-state index in [1.807, 2.05) is 23.1 Å². The van der Waals surface area contributed by atoms with Crippen LogP contribution >= 0.6 is 23.1 Å². The number of thioether (sulfide) groups is 1. The monoisotopic (exact) mass is 229 g/mol. The van der Waals surface area contributed by atoms with Crippen molar-refractivity contribution in [3.05, 3.63) is 21.9 Å². The van der Waals surface area contributed by atoms with Crippen LogP contribution in [0.2, 0.25) is 0 Å². The Morgan fingerprint density at radius 2 is 2.29 bits per heavy atom. The molecule has 1 nitrogen and oxygen atoms in total. The molecule has 0 unspecified atom stereocenters. The lowest BCUT2D eigenvalue weighted by Crippen LogP contribution is -2.16. The molecule has 0 amide bonds. The molecular weight excluding hydrogens is 210 g/mol. The van der Waals surface area contributed by atoms with Gasteiger partial charge in [-0.05, 0) is 29.2 Å². The van der Waals surface area contributed by atoms with E-state index in [0.717, 1.165) is 19.5 Å². The molecule has 1 rings (SSSR count). The Morgan fingerprint density at radius 3 is 3.00 bits per heavy atom. The maximum Gasteiger partial charge on any atom is 0.0302 e. The molecule has 0 saturated heterocycles. The summed E-state index contributed by atoms with van der Waals surface area (Å²) in [5.74, 6) is 2.45. The van der Waals surface area contributed by atoms with Crippen LogP contribution in [0.1, 0.15) is 24.3 Å². The molecular formula is C11H19NS2. The van der Waals surface area contributed by atoms with Gasteiger partial charge in [-0.3, -0.25) is 0 Å². The summed E-state index contributed by atoms with van der Waals surface area (Å²) in [6.45, 7) is 6.60. The summed E-state index contributed by atoms with van der Waals surface area (Å²) in [4.78, 5) is 1.51. The van der Waals surface area contributed by atoms with Crippen LogP contribution in [0.25, 0.3) is 0 Å². The van der Waals surface area contributed by atoms with E-state index in [9.17, 15) is 0 Å². The standard InChI is InChI=1S/C11H19NS2/c1-3-10-5-7-14-11(10)9-12-6-8-13-4-2/h5,7,12H,3-4,6,8-9H2,1-2H3. The second-order valence-electron chi connectivity index (χ2n) is 3.10. The van der Waals surface area contributed by atoms with Gasteiger partial charge in [0.05, 0.1) is 0 Å². The second-order valence-corrected chi connectivity index (χ2v) is 5.49. The third-order valence-corrected chi connectivity index (χ3v) is 4.00. The Balaban J connectivity index is 2.17. The van der Waals surface area contributed by atoms with Gasteiger partial charge in [0, 0.05) is 23.7 Å². The summed E-state index contributed by atoms with van der Waals surface area (Å²) in [6, 6.07) is 2.24. The zero-order valence-corrected chi connectivity index (χ0v) is 10.6. The Bertz CT molecular complexity index is 245. The van der Waals surface area contributed by atoms with Crippen molar-refractivity contribution in [2.24, 2.45) is 0 Å². The van der Waals surface area contributed by atoms with Crippen LogP contribution in [0.3, 0.4) is 0 Å². The summed E-state index contributed by atoms with van der Waals surface area (Å²) in [5, 5.41) is 5.68. The van der Waals surface area contributed by atoms with Crippen LogP contribution < -0.4 is 5.32 Å². The van der Waals surface area contributed by atoms with Crippen LogP contribution in [-0.4, -0.2) is 18.1 Å². The molecule has 1 N–H and O–H groups in total. The molecule has 0 spiro atoms. The number of aryl methyl sites for hydroxylation is 1. The van der Waals surface area contributed by atoms with Crippen LogP contribution in [0.4, 0.5) is 0 Å². The summed E-state index contributed by atoms with van der Waals surface area (Å²) < 4.78 is 0. The van der Waals surface area contributed by atoms with Gasteiger partial charge in [0.25, 0.3) is 0 Å². The van der Waals surface area contributed by atoms with Crippen LogP contribution in [0, 0.1) is 0 Å². The lowest BCUT2D eigenvalue weighted by Gasteiger charge is -2.04. The first-order valence-electron chi connectivity index (χ1n) is 5.22. The summed E-state index contributed by atoms with van der Waals surface area (Å²) >= 11 is 3.86. The fourth-order valence-electron chi connectivity index (χ4n) is 1.33. The average molecular weight is 229 g/mol. The van der Waals surface area contributed by atoms with E-state index < -0.39 is 0 Å². The molecule has 0 radical (unpaired) electrons. The minimum absolute atomic E-state index is 1.05. The van der Waals surface area contributed by atoms with Crippen LogP contribution in [0.5, 0.6) is 0 Å².